The molecule has 0 unspecified atom stereocenters. The first-order valence-corrected chi connectivity index (χ1v) is 8.98. The predicted octanol–water partition coefficient (Wildman–Crippen LogP) is 1.74. The van der Waals surface area contributed by atoms with Crippen LogP contribution in [0.5, 0.6) is 0 Å². The number of halogens is 2. The Kier molecular flexibility index (Phi) is 7.52. The lowest BCUT2D eigenvalue weighted by Gasteiger charge is -2.22. The van der Waals surface area contributed by atoms with E-state index in [9.17, 15) is 18.8 Å². The minimum Gasteiger partial charge on any atom is -0.368 e. The van der Waals surface area contributed by atoms with Crippen LogP contribution in [0, 0.1) is 5.82 Å². The molecule has 0 spiro atoms. The summed E-state index contributed by atoms with van der Waals surface area (Å²) >= 11 is 5.84. The quantitative estimate of drug-likeness (QED) is 0.623. The first-order valence-electron chi connectivity index (χ1n) is 8.61. The maximum absolute atomic E-state index is 13.9. The smallest absolute Gasteiger partial charge is 0.243 e. The van der Waals surface area contributed by atoms with Crippen LogP contribution in [0.25, 0.3) is 0 Å². The van der Waals surface area contributed by atoms with E-state index in [-0.39, 0.29) is 18.4 Å². The Hall–Kier alpha value is -2.93. The van der Waals surface area contributed by atoms with Crippen molar-refractivity contribution in [2.24, 2.45) is 5.73 Å². The van der Waals surface area contributed by atoms with E-state index in [0.29, 0.717) is 5.02 Å². The fourth-order valence-corrected chi connectivity index (χ4v) is 2.82. The standard InChI is InChI=1S/C20H21ClFN3O3/c1-12(26)24-18(11-14-4-2-3-5-16(14)22)20(28)25-17(19(23)27)10-13-6-8-15(21)9-7-13/h2-9,17-18H,10-11H2,1H3,(H2,23,27)(H,24,26)(H,25,28)/t17-,18-/m0/s1. The summed E-state index contributed by atoms with van der Waals surface area (Å²) in [5.41, 5.74) is 6.43. The van der Waals surface area contributed by atoms with Gasteiger partial charge >= 0.3 is 0 Å². The van der Waals surface area contributed by atoms with Gasteiger partial charge in [0, 0.05) is 24.8 Å². The van der Waals surface area contributed by atoms with Crippen LogP contribution in [0.1, 0.15) is 18.1 Å². The molecule has 0 saturated carbocycles. The van der Waals surface area contributed by atoms with Gasteiger partial charge in [-0.25, -0.2) is 4.39 Å². The molecule has 2 rings (SSSR count). The number of primary amides is 1. The van der Waals surface area contributed by atoms with Gasteiger partial charge in [0.2, 0.25) is 17.7 Å². The second kappa shape index (κ2) is 9.85. The molecule has 6 nitrogen and oxygen atoms in total. The summed E-state index contributed by atoms with van der Waals surface area (Å²) in [5.74, 6) is -2.30. The topological polar surface area (TPSA) is 101 Å². The SMILES string of the molecule is CC(=O)N[C@@H](Cc1ccccc1F)C(=O)N[C@@H](Cc1ccc(Cl)cc1)C(N)=O. The van der Waals surface area contributed by atoms with Crippen LogP contribution < -0.4 is 16.4 Å². The van der Waals surface area contributed by atoms with Crippen LogP contribution in [-0.4, -0.2) is 29.8 Å². The highest BCUT2D eigenvalue weighted by Gasteiger charge is 2.26. The predicted molar refractivity (Wildman–Crippen MR) is 104 cm³/mol. The molecule has 0 aliphatic heterocycles. The number of amides is 3. The fraction of sp³-hybridized carbons (Fsp3) is 0.250. The van der Waals surface area contributed by atoms with Crippen LogP contribution in [0.15, 0.2) is 48.5 Å². The van der Waals surface area contributed by atoms with E-state index in [1.165, 1.54) is 25.1 Å². The zero-order valence-corrected chi connectivity index (χ0v) is 16.0. The summed E-state index contributed by atoms with van der Waals surface area (Å²) in [7, 11) is 0. The van der Waals surface area contributed by atoms with Gasteiger partial charge in [0.25, 0.3) is 0 Å². The summed E-state index contributed by atoms with van der Waals surface area (Å²) in [6.07, 6.45) is 0.0925. The Morgan fingerprint density at radius 2 is 1.64 bits per heavy atom. The van der Waals surface area contributed by atoms with Gasteiger partial charge in [0.1, 0.15) is 17.9 Å². The molecule has 28 heavy (non-hydrogen) atoms. The van der Waals surface area contributed by atoms with Gasteiger partial charge in [-0.15, -0.1) is 0 Å². The molecule has 4 N–H and O–H groups in total. The van der Waals surface area contributed by atoms with E-state index in [1.54, 1.807) is 30.3 Å². The minimum absolute atomic E-state index is 0.0650. The number of hydrogen-bond donors (Lipinski definition) is 3. The highest BCUT2D eigenvalue weighted by atomic mass is 35.5. The third-order valence-corrected chi connectivity index (χ3v) is 4.34. The molecule has 3 amide bonds. The van der Waals surface area contributed by atoms with Crippen molar-refractivity contribution in [2.75, 3.05) is 0 Å². The maximum atomic E-state index is 13.9. The molecule has 8 heteroatoms. The first kappa shape index (κ1) is 21.4. The van der Waals surface area contributed by atoms with E-state index in [4.69, 9.17) is 17.3 Å². The lowest BCUT2D eigenvalue weighted by atomic mass is 10.0. The van der Waals surface area contributed by atoms with Gasteiger partial charge in [-0.05, 0) is 29.3 Å². The monoisotopic (exact) mass is 405 g/mol. The lowest BCUT2D eigenvalue weighted by Crippen LogP contribution is -2.54. The normalized spacial score (nSPS) is 12.7. The van der Waals surface area contributed by atoms with Crippen molar-refractivity contribution >= 4 is 29.3 Å². The van der Waals surface area contributed by atoms with E-state index in [0.717, 1.165) is 5.56 Å². The largest absolute Gasteiger partial charge is 0.368 e. The average molecular weight is 406 g/mol. The van der Waals surface area contributed by atoms with Gasteiger partial charge in [0.15, 0.2) is 0 Å². The fourth-order valence-electron chi connectivity index (χ4n) is 2.69. The summed E-state index contributed by atoms with van der Waals surface area (Å²) in [5, 5.41) is 5.57. The highest BCUT2D eigenvalue weighted by molar-refractivity contribution is 6.30. The second-order valence-electron chi connectivity index (χ2n) is 6.34. The van der Waals surface area contributed by atoms with Crippen LogP contribution in [0.2, 0.25) is 5.02 Å². The third-order valence-electron chi connectivity index (χ3n) is 4.09. The molecule has 0 aromatic heterocycles. The van der Waals surface area contributed by atoms with Gasteiger partial charge in [0.05, 0.1) is 0 Å². The van der Waals surface area contributed by atoms with Crippen LogP contribution in [0.4, 0.5) is 4.39 Å². The molecule has 0 radical (unpaired) electrons. The van der Waals surface area contributed by atoms with E-state index in [1.807, 2.05) is 0 Å². The first-order chi connectivity index (χ1) is 13.3. The summed E-state index contributed by atoms with van der Waals surface area (Å²) in [6, 6.07) is 10.7. The van der Waals surface area contributed by atoms with Crippen LogP contribution >= 0.6 is 11.6 Å². The zero-order chi connectivity index (χ0) is 20.7. The lowest BCUT2D eigenvalue weighted by molar-refractivity contribution is -0.130. The van der Waals surface area contributed by atoms with Gasteiger partial charge in [-0.2, -0.15) is 0 Å². The van der Waals surface area contributed by atoms with Crippen molar-refractivity contribution in [2.45, 2.75) is 31.8 Å². The van der Waals surface area contributed by atoms with Gasteiger partial charge in [-0.1, -0.05) is 41.9 Å². The number of carbonyl (C=O) groups excluding carboxylic acids is 3. The molecule has 2 aromatic carbocycles. The summed E-state index contributed by atoms with van der Waals surface area (Å²) in [4.78, 5) is 36.0. The number of carbonyl (C=O) groups is 3. The molecular weight excluding hydrogens is 385 g/mol. The Labute approximate surface area is 167 Å². The van der Waals surface area contributed by atoms with Gasteiger partial charge < -0.3 is 16.4 Å². The number of rotatable bonds is 8. The molecule has 0 bridgehead atoms. The van der Waals surface area contributed by atoms with Crippen molar-refractivity contribution in [1.82, 2.24) is 10.6 Å². The molecule has 2 aromatic rings. The molecule has 0 aliphatic rings. The maximum Gasteiger partial charge on any atom is 0.243 e. The van der Waals surface area contributed by atoms with Crippen molar-refractivity contribution < 1.29 is 18.8 Å². The third kappa shape index (κ3) is 6.35. The number of nitrogens with one attached hydrogen (secondary N) is 2. The van der Waals surface area contributed by atoms with Crippen molar-refractivity contribution in [3.05, 3.63) is 70.5 Å². The van der Waals surface area contributed by atoms with E-state index in [2.05, 4.69) is 10.6 Å². The Morgan fingerprint density at radius 1 is 1.00 bits per heavy atom. The van der Waals surface area contributed by atoms with Crippen molar-refractivity contribution in [1.29, 1.82) is 0 Å². The minimum atomic E-state index is -1.05. The average Bonchev–Trinajstić information content (AvgIpc) is 2.63. The number of nitrogens with two attached hydrogens (primary N) is 1. The van der Waals surface area contributed by atoms with Crippen LogP contribution in [-0.2, 0) is 27.2 Å². The molecule has 2 atom stereocenters. The van der Waals surface area contributed by atoms with E-state index < -0.39 is 35.6 Å². The molecule has 0 aliphatic carbocycles. The van der Waals surface area contributed by atoms with Crippen molar-refractivity contribution in [3.63, 3.8) is 0 Å². The van der Waals surface area contributed by atoms with Crippen molar-refractivity contribution in [3.8, 4) is 0 Å². The number of benzene rings is 2. The second-order valence-corrected chi connectivity index (χ2v) is 6.78. The molecule has 0 fully saturated rings. The number of hydrogen-bond acceptors (Lipinski definition) is 3. The highest BCUT2D eigenvalue weighted by Crippen LogP contribution is 2.12. The van der Waals surface area contributed by atoms with Crippen LogP contribution in [0.3, 0.4) is 0 Å². The summed E-state index contributed by atoms with van der Waals surface area (Å²) < 4.78 is 13.9. The Balaban J connectivity index is 2.14. The van der Waals surface area contributed by atoms with E-state index >= 15 is 0 Å². The van der Waals surface area contributed by atoms with Gasteiger partial charge in [-0.3, -0.25) is 14.4 Å². The Bertz CT molecular complexity index is 858. The molecule has 0 heterocycles. The summed E-state index contributed by atoms with van der Waals surface area (Å²) in [6.45, 7) is 1.25. The Morgan fingerprint density at radius 3 is 2.21 bits per heavy atom. The zero-order valence-electron chi connectivity index (χ0n) is 15.2. The molecular formula is C20H21ClFN3O3. The molecule has 148 valence electrons. The molecule has 0 saturated heterocycles.